The average Bonchev–Trinajstić information content (AvgIpc) is 2.62. The van der Waals surface area contributed by atoms with Gasteiger partial charge >= 0.3 is 0 Å². The number of fused-ring (bicyclic) bond motifs is 1. The van der Waals surface area contributed by atoms with Crippen molar-refractivity contribution in [1.82, 2.24) is 9.97 Å². The number of nitrogens with zero attached hydrogens (tertiary/aromatic N) is 1. The second-order valence-electron chi connectivity index (χ2n) is 3.91. The van der Waals surface area contributed by atoms with Crippen LogP contribution in [0.1, 0.15) is 18.2 Å². The SMILES string of the molecule is CC(=O)Nc1c[nH]c2c(C)cc(CC=O)nc12. The number of carbonyl (C=O) groups is 2. The van der Waals surface area contributed by atoms with E-state index in [2.05, 4.69) is 15.3 Å². The molecule has 0 saturated heterocycles. The number of hydrogen-bond acceptors (Lipinski definition) is 3. The van der Waals surface area contributed by atoms with Gasteiger partial charge in [-0.1, -0.05) is 0 Å². The van der Waals surface area contributed by atoms with Gasteiger partial charge in [-0.25, -0.2) is 4.98 Å². The highest BCUT2D eigenvalue weighted by Crippen LogP contribution is 2.24. The molecular formula is C12H13N3O2. The van der Waals surface area contributed by atoms with Gasteiger partial charge in [0, 0.05) is 25.2 Å². The van der Waals surface area contributed by atoms with Gasteiger partial charge in [0.15, 0.2) is 0 Å². The number of hydrogen-bond donors (Lipinski definition) is 2. The van der Waals surface area contributed by atoms with Gasteiger partial charge in [-0.05, 0) is 18.6 Å². The minimum absolute atomic E-state index is 0.147. The first kappa shape index (κ1) is 11.3. The molecule has 0 unspecified atom stereocenters. The summed E-state index contributed by atoms with van der Waals surface area (Å²) < 4.78 is 0. The van der Waals surface area contributed by atoms with Crippen LogP contribution in [-0.4, -0.2) is 22.2 Å². The normalized spacial score (nSPS) is 10.5. The predicted octanol–water partition coefficient (Wildman–Crippen LogP) is 1.57. The highest BCUT2D eigenvalue weighted by molar-refractivity contribution is 5.99. The van der Waals surface area contributed by atoms with Crippen LogP contribution in [0.4, 0.5) is 5.69 Å². The summed E-state index contributed by atoms with van der Waals surface area (Å²) in [6.45, 7) is 3.38. The summed E-state index contributed by atoms with van der Waals surface area (Å²) in [6, 6.07) is 1.87. The van der Waals surface area contributed by atoms with E-state index in [0.29, 0.717) is 16.9 Å². The van der Waals surface area contributed by atoms with Gasteiger partial charge < -0.3 is 15.1 Å². The Balaban J connectivity index is 2.56. The molecule has 0 atom stereocenters. The molecule has 0 aliphatic heterocycles. The largest absolute Gasteiger partial charge is 0.358 e. The summed E-state index contributed by atoms with van der Waals surface area (Å²) in [7, 11) is 0. The number of pyridine rings is 1. The zero-order chi connectivity index (χ0) is 12.4. The van der Waals surface area contributed by atoms with E-state index in [1.807, 2.05) is 13.0 Å². The van der Waals surface area contributed by atoms with Gasteiger partial charge in [0.25, 0.3) is 0 Å². The third-order valence-electron chi connectivity index (χ3n) is 2.49. The van der Waals surface area contributed by atoms with Crippen LogP contribution in [0, 0.1) is 6.92 Å². The third-order valence-corrected chi connectivity index (χ3v) is 2.49. The lowest BCUT2D eigenvalue weighted by molar-refractivity contribution is -0.114. The number of rotatable bonds is 3. The fourth-order valence-electron chi connectivity index (χ4n) is 1.81. The van der Waals surface area contributed by atoms with E-state index in [1.54, 1.807) is 6.20 Å². The minimum atomic E-state index is -0.147. The van der Waals surface area contributed by atoms with Gasteiger partial charge in [0.05, 0.1) is 11.2 Å². The lowest BCUT2D eigenvalue weighted by Crippen LogP contribution is -2.05. The quantitative estimate of drug-likeness (QED) is 0.787. The lowest BCUT2D eigenvalue weighted by Gasteiger charge is -2.02. The standard InChI is InChI=1S/C12H13N3O2/c1-7-5-9(3-4-16)15-12-10(14-8(2)17)6-13-11(7)12/h4-6,13H,3H2,1-2H3,(H,14,17). The van der Waals surface area contributed by atoms with E-state index in [0.717, 1.165) is 17.4 Å². The molecule has 2 N–H and O–H groups in total. The fourth-order valence-corrected chi connectivity index (χ4v) is 1.81. The van der Waals surface area contributed by atoms with E-state index < -0.39 is 0 Å². The summed E-state index contributed by atoms with van der Waals surface area (Å²) >= 11 is 0. The Bertz CT molecular complexity index is 587. The van der Waals surface area contributed by atoms with E-state index in [1.165, 1.54) is 6.92 Å². The monoisotopic (exact) mass is 231 g/mol. The van der Waals surface area contributed by atoms with Crippen molar-refractivity contribution in [3.63, 3.8) is 0 Å². The first-order valence-corrected chi connectivity index (χ1v) is 5.30. The molecule has 0 saturated carbocycles. The number of anilines is 1. The number of aromatic nitrogens is 2. The highest BCUT2D eigenvalue weighted by Gasteiger charge is 2.10. The topological polar surface area (TPSA) is 74.8 Å². The summed E-state index contributed by atoms with van der Waals surface area (Å²) in [5, 5.41) is 2.70. The minimum Gasteiger partial charge on any atom is -0.358 e. The number of H-pyrrole nitrogens is 1. The molecule has 0 aromatic carbocycles. The van der Waals surface area contributed by atoms with Crippen molar-refractivity contribution in [3.8, 4) is 0 Å². The van der Waals surface area contributed by atoms with E-state index in [9.17, 15) is 9.59 Å². The number of aldehydes is 1. The van der Waals surface area contributed by atoms with Crippen LogP contribution in [-0.2, 0) is 16.0 Å². The number of aryl methyl sites for hydroxylation is 1. The number of carbonyl (C=O) groups excluding carboxylic acids is 2. The first-order chi connectivity index (χ1) is 8.11. The third kappa shape index (κ3) is 2.18. The Morgan fingerprint density at radius 2 is 2.35 bits per heavy atom. The molecule has 0 fully saturated rings. The smallest absolute Gasteiger partial charge is 0.221 e. The number of amides is 1. The summed E-state index contributed by atoms with van der Waals surface area (Å²) in [5.74, 6) is -0.147. The van der Waals surface area contributed by atoms with Crippen molar-refractivity contribution >= 4 is 28.9 Å². The first-order valence-electron chi connectivity index (χ1n) is 5.30. The Labute approximate surface area is 98.2 Å². The fraction of sp³-hybridized carbons (Fsp3) is 0.250. The summed E-state index contributed by atoms with van der Waals surface area (Å²) in [6.07, 6.45) is 2.80. The van der Waals surface area contributed by atoms with E-state index in [-0.39, 0.29) is 12.3 Å². The second kappa shape index (κ2) is 4.37. The number of aromatic amines is 1. The Morgan fingerprint density at radius 1 is 1.59 bits per heavy atom. The maximum absolute atomic E-state index is 11.0. The molecule has 0 spiro atoms. The van der Waals surface area contributed by atoms with Gasteiger partial charge in [0.2, 0.25) is 5.91 Å². The van der Waals surface area contributed by atoms with Crippen LogP contribution in [0.25, 0.3) is 11.0 Å². The zero-order valence-corrected chi connectivity index (χ0v) is 9.70. The molecule has 5 nitrogen and oxygen atoms in total. The molecule has 0 aliphatic carbocycles. The van der Waals surface area contributed by atoms with Crippen molar-refractivity contribution in [2.75, 3.05) is 5.32 Å². The molecule has 0 aliphatic rings. The van der Waals surface area contributed by atoms with Crippen LogP contribution in [0.15, 0.2) is 12.3 Å². The van der Waals surface area contributed by atoms with Crippen molar-refractivity contribution in [2.24, 2.45) is 0 Å². The maximum atomic E-state index is 11.0. The van der Waals surface area contributed by atoms with Gasteiger partial charge in [-0.15, -0.1) is 0 Å². The molecule has 2 aromatic heterocycles. The zero-order valence-electron chi connectivity index (χ0n) is 9.70. The molecule has 17 heavy (non-hydrogen) atoms. The van der Waals surface area contributed by atoms with E-state index in [4.69, 9.17) is 0 Å². The van der Waals surface area contributed by atoms with Crippen LogP contribution >= 0.6 is 0 Å². The van der Waals surface area contributed by atoms with Gasteiger partial charge in [-0.3, -0.25) is 4.79 Å². The predicted molar refractivity (Wildman–Crippen MR) is 64.9 cm³/mol. The molecule has 2 heterocycles. The van der Waals surface area contributed by atoms with Crippen molar-refractivity contribution < 1.29 is 9.59 Å². The highest BCUT2D eigenvalue weighted by atomic mass is 16.1. The lowest BCUT2D eigenvalue weighted by atomic mass is 10.2. The van der Waals surface area contributed by atoms with Gasteiger partial charge in [-0.2, -0.15) is 0 Å². The van der Waals surface area contributed by atoms with Crippen LogP contribution in [0.2, 0.25) is 0 Å². The molecule has 88 valence electrons. The van der Waals surface area contributed by atoms with Crippen LogP contribution in [0.5, 0.6) is 0 Å². The Hall–Kier alpha value is -2.17. The number of nitrogens with one attached hydrogen (secondary N) is 2. The molecule has 0 radical (unpaired) electrons. The molecule has 1 amide bonds. The molecule has 2 aromatic rings. The van der Waals surface area contributed by atoms with Gasteiger partial charge in [0.1, 0.15) is 11.8 Å². The van der Waals surface area contributed by atoms with Crippen molar-refractivity contribution in [3.05, 3.63) is 23.5 Å². The summed E-state index contributed by atoms with van der Waals surface area (Å²) in [4.78, 5) is 29.0. The maximum Gasteiger partial charge on any atom is 0.221 e. The van der Waals surface area contributed by atoms with E-state index >= 15 is 0 Å². The Morgan fingerprint density at radius 3 is 3.00 bits per heavy atom. The summed E-state index contributed by atoms with van der Waals surface area (Å²) in [5.41, 5.74) is 3.92. The molecule has 2 rings (SSSR count). The van der Waals surface area contributed by atoms with Crippen molar-refractivity contribution in [2.45, 2.75) is 20.3 Å². The van der Waals surface area contributed by atoms with Crippen molar-refractivity contribution in [1.29, 1.82) is 0 Å². The van der Waals surface area contributed by atoms with Crippen LogP contribution < -0.4 is 5.32 Å². The molecule has 0 bridgehead atoms. The molecule has 5 heteroatoms. The second-order valence-corrected chi connectivity index (χ2v) is 3.91. The average molecular weight is 231 g/mol. The molecular weight excluding hydrogens is 218 g/mol. The Kier molecular flexibility index (Phi) is 2.91. The van der Waals surface area contributed by atoms with Crippen LogP contribution in [0.3, 0.4) is 0 Å².